The van der Waals surface area contributed by atoms with Gasteiger partial charge in [0.2, 0.25) is 5.91 Å². The average molecular weight is 407 g/mol. The Morgan fingerprint density at radius 2 is 1.97 bits per heavy atom. The lowest BCUT2D eigenvalue weighted by molar-refractivity contribution is -0.139. The first-order valence-electron chi connectivity index (χ1n) is 11.5. The minimum atomic E-state index is 0.0423. The number of carbonyl (C=O) groups is 1. The number of hydrogen-bond acceptors (Lipinski definition) is 4. The number of carbonyl (C=O) groups excluding carboxylic acids is 1. The zero-order chi connectivity index (χ0) is 20.1. The molecule has 5 aliphatic rings. The topological polar surface area (TPSA) is 42.0 Å². The summed E-state index contributed by atoms with van der Waals surface area (Å²) in [6, 6.07) is 8.89. The molecule has 2 aliphatic carbocycles. The maximum absolute atomic E-state index is 12.7. The van der Waals surface area contributed by atoms with Crippen molar-refractivity contribution >= 4 is 11.6 Å². The van der Waals surface area contributed by atoms with Gasteiger partial charge in [-0.25, -0.2) is 0 Å². The van der Waals surface area contributed by atoms with Crippen LogP contribution in [0, 0.1) is 5.92 Å². The molecular weight excluding hydrogens is 376 g/mol. The van der Waals surface area contributed by atoms with Crippen molar-refractivity contribution in [3.63, 3.8) is 0 Å². The van der Waals surface area contributed by atoms with Crippen LogP contribution in [0.15, 0.2) is 48.1 Å². The van der Waals surface area contributed by atoms with Gasteiger partial charge in [0.15, 0.2) is 0 Å². The summed E-state index contributed by atoms with van der Waals surface area (Å²) in [5.74, 6) is 0.710. The third kappa shape index (κ3) is 2.94. The zero-order valence-corrected chi connectivity index (χ0v) is 17.5. The lowest BCUT2D eigenvalue weighted by Gasteiger charge is -2.42. The minimum Gasteiger partial charge on any atom is -0.366 e. The molecule has 2 unspecified atom stereocenters. The second-order valence-electron chi connectivity index (χ2n) is 9.57. The molecule has 158 valence electrons. The first kappa shape index (κ1) is 18.6. The van der Waals surface area contributed by atoms with Gasteiger partial charge < -0.3 is 19.3 Å². The minimum absolute atomic E-state index is 0.0423. The number of hydrogen-bond donors (Lipinski definition) is 0. The zero-order valence-electron chi connectivity index (χ0n) is 17.5. The van der Waals surface area contributed by atoms with Gasteiger partial charge in [0.25, 0.3) is 0 Å². The van der Waals surface area contributed by atoms with E-state index in [2.05, 4.69) is 52.3 Å². The molecule has 30 heavy (non-hydrogen) atoms. The molecule has 2 atom stereocenters. The fraction of sp³-hybridized carbons (Fsp3) is 0.560. The molecule has 3 heterocycles. The Balaban J connectivity index is 1.21. The van der Waals surface area contributed by atoms with Crippen LogP contribution in [0.3, 0.4) is 0 Å². The standard InChI is InChI=1S/C25H30N2O3/c28-24(18-5-3-6-18)26-13-11-25(12-14-26)16-27(21-9-2-1-8-20(21)25)15-19-7-4-10-22-23(19)30-17-29-22/h1-2,4,7-10,18,22-23H,3,5-6,11-17H2. The summed E-state index contributed by atoms with van der Waals surface area (Å²) in [7, 11) is 0. The molecule has 5 heteroatoms. The quantitative estimate of drug-likeness (QED) is 0.772. The van der Waals surface area contributed by atoms with Crippen LogP contribution in [0.2, 0.25) is 0 Å². The number of para-hydroxylation sites is 1. The van der Waals surface area contributed by atoms with Crippen molar-refractivity contribution in [2.45, 2.75) is 49.7 Å². The summed E-state index contributed by atoms with van der Waals surface area (Å²) >= 11 is 0. The van der Waals surface area contributed by atoms with Gasteiger partial charge in [-0.3, -0.25) is 4.79 Å². The number of allylic oxidation sites excluding steroid dienone is 2. The van der Waals surface area contributed by atoms with Crippen LogP contribution < -0.4 is 4.90 Å². The number of ether oxygens (including phenoxy) is 2. The maximum Gasteiger partial charge on any atom is 0.225 e. The van der Waals surface area contributed by atoms with Crippen molar-refractivity contribution in [3.05, 3.63) is 53.6 Å². The van der Waals surface area contributed by atoms with Gasteiger partial charge in [0, 0.05) is 43.2 Å². The van der Waals surface area contributed by atoms with Gasteiger partial charge in [0.05, 0.1) is 0 Å². The summed E-state index contributed by atoms with van der Waals surface area (Å²) in [6.45, 7) is 4.06. The Kier molecular flexibility index (Phi) is 4.50. The summed E-state index contributed by atoms with van der Waals surface area (Å²) in [5, 5.41) is 0. The van der Waals surface area contributed by atoms with E-state index in [9.17, 15) is 4.79 Å². The lowest BCUT2D eigenvalue weighted by Crippen LogP contribution is -2.49. The summed E-state index contributed by atoms with van der Waals surface area (Å²) in [6.07, 6.45) is 12.0. The molecule has 1 amide bonds. The van der Waals surface area contributed by atoms with E-state index in [4.69, 9.17) is 9.47 Å². The van der Waals surface area contributed by atoms with Crippen LogP contribution >= 0.6 is 0 Å². The summed E-state index contributed by atoms with van der Waals surface area (Å²) in [5.41, 5.74) is 4.27. The predicted molar refractivity (Wildman–Crippen MR) is 115 cm³/mol. The number of anilines is 1. The van der Waals surface area contributed by atoms with E-state index in [1.54, 1.807) is 0 Å². The average Bonchev–Trinajstić information content (AvgIpc) is 3.32. The third-order valence-electron chi connectivity index (χ3n) is 7.95. The van der Waals surface area contributed by atoms with Gasteiger partial charge in [-0.2, -0.15) is 0 Å². The van der Waals surface area contributed by atoms with Crippen LogP contribution in [0.1, 0.15) is 37.7 Å². The highest BCUT2D eigenvalue weighted by Gasteiger charge is 2.46. The van der Waals surface area contributed by atoms with E-state index >= 15 is 0 Å². The Morgan fingerprint density at radius 1 is 1.13 bits per heavy atom. The Hall–Kier alpha value is -2.11. The number of fused-ring (bicyclic) bond motifs is 3. The highest BCUT2D eigenvalue weighted by atomic mass is 16.7. The van der Waals surface area contributed by atoms with Gasteiger partial charge >= 0.3 is 0 Å². The molecule has 1 aromatic carbocycles. The molecular formula is C25H30N2O3. The van der Waals surface area contributed by atoms with Crippen molar-refractivity contribution in [2.24, 2.45) is 5.92 Å². The molecule has 3 fully saturated rings. The largest absolute Gasteiger partial charge is 0.366 e. The molecule has 1 aromatic rings. The van der Waals surface area contributed by atoms with Crippen LogP contribution in [-0.4, -0.2) is 56.0 Å². The summed E-state index contributed by atoms with van der Waals surface area (Å²) < 4.78 is 11.6. The fourth-order valence-electron chi connectivity index (χ4n) is 5.97. The molecule has 0 aromatic heterocycles. The Labute approximate surface area is 178 Å². The molecule has 5 nitrogen and oxygen atoms in total. The monoisotopic (exact) mass is 406 g/mol. The van der Waals surface area contributed by atoms with Gasteiger partial charge in [-0.05, 0) is 42.9 Å². The molecule has 0 N–H and O–H groups in total. The lowest BCUT2D eigenvalue weighted by atomic mass is 9.73. The molecule has 6 rings (SSSR count). The van der Waals surface area contributed by atoms with Crippen molar-refractivity contribution in [1.82, 2.24) is 4.90 Å². The van der Waals surface area contributed by atoms with E-state index in [0.717, 1.165) is 51.9 Å². The second kappa shape index (κ2) is 7.24. The number of piperidine rings is 1. The molecule has 3 aliphatic heterocycles. The van der Waals surface area contributed by atoms with Crippen molar-refractivity contribution in [2.75, 3.05) is 37.9 Å². The fourth-order valence-corrected chi connectivity index (χ4v) is 5.97. The molecule has 2 saturated heterocycles. The number of benzene rings is 1. The Bertz CT molecular complexity index is 895. The Morgan fingerprint density at radius 3 is 2.77 bits per heavy atom. The molecule has 0 bridgehead atoms. The maximum atomic E-state index is 12.7. The SMILES string of the molecule is O=C(C1CCC1)N1CCC2(CC1)CN(CC1=CC=CC3OCOC13)c1ccccc12. The van der Waals surface area contributed by atoms with E-state index in [-0.39, 0.29) is 17.6 Å². The highest BCUT2D eigenvalue weighted by Crippen LogP contribution is 2.48. The van der Waals surface area contributed by atoms with Crippen molar-refractivity contribution < 1.29 is 14.3 Å². The van der Waals surface area contributed by atoms with E-state index in [1.807, 2.05) is 0 Å². The first-order valence-corrected chi connectivity index (χ1v) is 11.5. The predicted octanol–water partition coefficient (Wildman–Crippen LogP) is 3.40. The van der Waals surface area contributed by atoms with Crippen molar-refractivity contribution in [1.29, 1.82) is 0 Å². The van der Waals surface area contributed by atoms with Crippen LogP contribution in [-0.2, 0) is 19.7 Å². The van der Waals surface area contributed by atoms with Crippen molar-refractivity contribution in [3.8, 4) is 0 Å². The number of rotatable bonds is 3. The van der Waals surface area contributed by atoms with Gasteiger partial charge in [-0.15, -0.1) is 0 Å². The third-order valence-corrected chi connectivity index (χ3v) is 7.95. The highest BCUT2D eigenvalue weighted by molar-refractivity contribution is 5.80. The van der Waals surface area contributed by atoms with E-state index < -0.39 is 0 Å². The van der Waals surface area contributed by atoms with Crippen LogP contribution in [0.5, 0.6) is 0 Å². The van der Waals surface area contributed by atoms with Gasteiger partial charge in [0.1, 0.15) is 19.0 Å². The normalized spacial score (nSPS) is 29.5. The van der Waals surface area contributed by atoms with Gasteiger partial charge in [-0.1, -0.05) is 42.8 Å². The number of likely N-dealkylation sites (tertiary alicyclic amines) is 1. The van der Waals surface area contributed by atoms with E-state index in [0.29, 0.717) is 18.6 Å². The number of amides is 1. The van der Waals surface area contributed by atoms with Crippen LogP contribution in [0.25, 0.3) is 0 Å². The van der Waals surface area contributed by atoms with E-state index in [1.165, 1.54) is 23.2 Å². The molecule has 0 radical (unpaired) electrons. The number of nitrogens with zero attached hydrogens (tertiary/aromatic N) is 2. The smallest absolute Gasteiger partial charge is 0.225 e. The summed E-state index contributed by atoms with van der Waals surface area (Å²) in [4.78, 5) is 17.4. The second-order valence-corrected chi connectivity index (χ2v) is 9.57. The van der Waals surface area contributed by atoms with Crippen LogP contribution in [0.4, 0.5) is 5.69 Å². The molecule has 1 spiro atoms. The first-order chi connectivity index (χ1) is 14.7. The molecule has 1 saturated carbocycles.